The van der Waals surface area contributed by atoms with Gasteiger partial charge in [0, 0.05) is 24.3 Å². The van der Waals surface area contributed by atoms with Crippen LogP contribution in [0.5, 0.6) is 0 Å². The molecule has 0 aliphatic carbocycles. The zero-order valence-corrected chi connectivity index (χ0v) is 13.1. The van der Waals surface area contributed by atoms with Crippen LogP contribution in [0.4, 0.5) is 5.69 Å². The summed E-state index contributed by atoms with van der Waals surface area (Å²) in [5.74, 6) is -2.45. The second-order valence-electron chi connectivity index (χ2n) is 4.19. The van der Waals surface area contributed by atoms with E-state index in [2.05, 4.69) is 0 Å². The number of fused-ring (bicyclic) bond motifs is 1. The fraction of sp³-hybridized carbons (Fsp3) is 0.0714. The van der Waals surface area contributed by atoms with Gasteiger partial charge in [-0.15, -0.1) is 0 Å². The molecule has 2 rings (SSSR count). The number of nitrogens with zero attached hydrogens (tertiary/aromatic N) is 1. The second kappa shape index (κ2) is 6.01. The van der Waals surface area contributed by atoms with Crippen molar-refractivity contribution < 1.29 is 9.36 Å². The number of rotatable bonds is 3. The third kappa shape index (κ3) is 3.63. The molecule has 0 atom stereocenters. The average Bonchev–Trinajstić information content (AvgIpc) is 2.37. The molecule has 1 amide bonds. The van der Waals surface area contributed by atoms with Crippen molar-refractivity contribution in [2.75, 3.05) is 4.90 Å². The van der Waals surface area contributed by atoms with E-state index in [-0.39, 0.29) is 5.91 Å². The summed E-state index contributed by atoms with van der Waals surface area (Å²) in [5.41, 5.74) is 0.689. The number of amides is 1. The summed E-state index contributed by atoms with van der Waals surface area (Å²) in [5, 5.41) is 1.92. The van der Waals surface area contributed by atoms with Crippen molar-refractivity contribution in [2.24, 2.45) is 0 Å². The average molecular weight is 328 g/mol. The van der Waals surface area contributed by atoms with Crippen LogP contribution in [0.2, 0.25) is 0 Å². The van der Waals surface area contributed by atoms with Gasteiger partial charge < -0.3 is 0 Å². The summed E-state index contributed by atoms with van der Waals surface area (Å²) in [7, 11) is 0. The molecule has 0 saturated carbocycles. The van der Waals surface area contributed by atoms with Gasteiger partial charge in [0.15, 0.2) is 0 Å². The first-order valence-electron chi connectivity index (χ1n) is 5.84. The summed E-state index contributed by atoms with van der Waals surface area (Å²) < 4.78 is 11.3. The lowest BCUT2D eigenvalue weighted by Crippen LogP contribution is -2.21. The topological polar surface area (TPSA) is 37.4 Å². The van der Waals surface area contributed by atoms with Gasteiger partial charge in [-0.3, -0.25) is 14.3 Å². The van der Waals surface area contributed by atoms with Crippen LogP contribution in [-0.4, -0.2) is 5.91 Å². The molecule has 0 aromatic heterocycles. The van der Waals surface area contributed by atoms with E-state index in [1.807, 2.05) is 42.5 Å². The minimum atomic E-state index is -3.37. The highest BCUT2D eigenvalue weighted by Gasteiger charge is 2.14. The Labute approximate surface area is 126 Å². The Bertz CT molecular complexity index is 719. The van der Waals surface area contributed by atoms with Crippen LogP contribution in [0.1, 0.15) is 6.92 Å². The summed E-state index contributed by atoms with van der Waals surface area (Å²) in [6.07, 6.45) is 1.35. The van der Waals surface area contributed by atoms with Gasteiger partial charge in [0.2, 0.25) is 5.91 Å². The number of carbonyl (C=O) groups excluding carboxylic acids is 1. The first-order valence-corrected chi connectivity index (χ1v) is 9.43. The summed E-state index contributed by atoms with van der Waals surface area (Å²) in [4.78, 5) is 13.2. The third-order valence-corrected chi connectivity index (χ3v) is 3.91. The fourth-order valence-corrected chi connectivity index (χ4v) is 2.51. The van der Waals surface area contributed by atoms with E-state index >= 15 is 0 Å². The van der Waals surface area contributed by atoms with Gasteiger partial charge in [-0.25, -0.2) is 0 Å². The first-order chi connectivity index (χ1) is 9.38. The van der Waals surface area contributed by atoms with Gasteiger partial charge in [-0.05, 0) is 33.9 Å². The highest BCUT2D eigenvalue weighted by molar-refractivity contribution is 8.10. The molecule has 2 aromatic rings. The largest absolute Gasteiger partial charge is 0.287 e. The minimum Gasteiger partial charge on any atom is -0.287 e. The van der Waals surface area contributed by atoms with Crippen LogP contribution >= 0.6 is 28.3 Å². The van der Waals surface area contributed by atoms with Crippen LogP contribution < -0.4 is 4.90 Å². The van der Waals surface area contributed by atoms with Gasteiger partial charge in [-0.1, -0.05) is 36.4 Å². The monoisotopic (exact) mass is 327 g/mol. The van der Waals surface area contributed by atoms with Gasteiger partial charge in [0.05, 0.1) is 5.69 Å². The SMILES string of the molecule is CC(=O)N(/C=C/P(=O)(Cl)Cl)c1cccc2ccccc12. The lowest BCUT2D eigenvalue weighted by molar-refractivity contribution is -0.115. The first kappa shape index (κ1) is 15.1. The number of carbonyl (C=O) groups is 1. The number of anilines is 1. The molecule has 0 fully saturated rings. The van der Waals surface area contributed by atoms with Crippen LogP contribution in [0.15, 0.2) is 54.5 Å². The van der Waals surface area contributed by atoms with Gasteiger partial charge >= 0.3 is 0 Å². The molecule has 20 heavy (non-hydrogen) atoms. The maximum absolute atomic E-state index is 11.8. The molecule has 0 aliphatic heterocycles. The summed E-state index contributed by atoms with van der Waals surface area (Å²) in [6, 6.07) is 13.3. The van der Waals surface area contributed by atoms with Crippen molar-refractivity contribution >= 4 is 50.7 Å². The van der Waals surface area contributed by atoms with Crippen LogP contribution in [0, 0.1) is 0 Å². The normalized spacial score (nSPS) is 11.9. The van der Waals surface area contributed by atoms with E-state index in [4.69, 9.17) is 22.5 Å². The van der Waals surface area contributed by atoms with E-state index in [1.54, 1.807) is 0 Å². The Morgan fingerprint density at radius 1 is 1.15 bits per heavy atom. The molecule has 0 saturated heterocycles. The molecular formula is C14H12Cl2NO2P. The zero-order chi connectivity index (χ0) is 14.8. The molecule has 104 valence electrons. The van der Waals surface area contributed by atoms with Crippen LogP contribution in [0.3, 0.4) is 0 Å². The Morgan fingerprint density at radius 2 is 1.80 bits per heavy atom. The van der Waals surface area contributed by atoms with Gasteiger partial charge in [-0.2, -0.15) is 0 Å². The van der Waals surface area contributed by atoms with E-state index < -0.39 is 5.85 Å². The van der Waals surface area contributed by atoms with Crippen LogP contribution in [0.25, 0.3) is 10.8 Å². The molecule has 0 bridgehead atoms. The standard InChI is InChI=1S/C14H12Cl2NO2P/c1-11(18)17(9-10-20(15,16)19)14-8-4-6-12-5-2-3-7-13(12)14/h2-10H,1H3/b10-9+. The summed E-state index contributed by atoms with van der Waals surface area (Å²) >= 11 is 11.0. The number of hydrogen-bond donors (Lipinski definition) is 0. The minimum absolute atomic E-state index is 0.223. The quantitative estimate of drug-likeness (QED) is 0.714. The van der Waals surface area contributed by atoms with Crippen molar-refractivity contribution in [3.63, 3.8) is 0 Å². The molecule has 0 heterocycles. The fourth-order valence-electron chi connectivity index (χ4n) is 1.92. The Hall–Kier alpha value is -1.28. The number of hydrogen-bond acceptors (Lipinski definition) is 2. The van der Waals surface area contributed by atoms with E-state index in [1.165, 1.54) is 18.0 Å². The van der Waals surface area contributed by atoms with E-state index in [9.17, 15) is 9.36 Å². The molecule has 0 spiro atoms. The van der Waals surface area contributed by atoms with Crippen molar-refractivity contribution in [1.29, 1.82) is 0 Å². The molecule has 2 aromatic carbocycles. The zero-order valence-electron chi connectivity index (χ0n) is 10.7. The van der Waals surface area contributed by atoms with Crippen molar-refractivity contribution in [3.05, 3.63) is 54.5 Å². The number of benzene rings is 2. The van der Waals surface area contributed by atoms with Crippen LogP contribution in [-0.2, 0) is 9.36 Å². The van der Waals surface area contributed by atoms with Crippen molar-refractivity contribution in [3.8, 4) is 0 Å². The maximum Gasteiger partial charge on any atom is 0.276 e. The molecule has 0 aliphatic rings. The molecule has 6 heteroatoms. The molecular weight excluding hydrogens is 316 g/mol. The van der Waals surface area contributed by atoms with Crippen molar-refractivity contribution in [2.45, 2.75) is 6.92 Å². The smallest absolute Gasteiger partial charge is 0.276 e. The Kier molecular flexibility index (Phi) is 4.54. The van der Waals surface area contributed by atoms with E-state index in [0.717, 1.165) is 16.6 Å². The highest BCUT2D eigenvalue weighted by Crippen LogP contribution is 2.58. The Balaban J connectivity index is 2.56. The maximum atomic E-state index is 11.8. The Morgan fingerprint density at radius 3 is 2.45 bits per heavy atom. The predicted octanol–water partition coefficient (Wildman–Crippen LogP) is 5.33. The molecule has 3 nitrogen and oxygen atoms in total. The van der Waals surface area contributed by atoms with Gasteiger partial charge in [0.1, 0.15) is 0 Å². The van der Waals surface area contributed by atoms with E-state index in [0.29, 0.717) is 5.69 Å². The van der Waals surface area contributed by atoms with Gasteiger partial charge in [0.25, 0.3) is 5.85 Å². The van der Waals surface area contributed by atoms with Crippen molar-refractivity contribution in [1.82, 2.24) is 0 Å². The molecule has 0 radical (unpaired) electrons. The second-order valence-corrected chi connectivity index (χ2v) is 9.02. The summed E-state index contributed by atoms with van der Waals surface area (Å²) in [6.45, 7) is 1.42. The predicted molar refractivity (Wildman–Crippen MR) is 85.6 cm³/mol. The molecule has 0 N–H and O–H groups in total. The highest BCUT2D eigenvalue weighted by atomic mass is 35.9. The lowest BCUT2D eigenvalue weighted by atomic mass is 10.1. The lowest BCUT2D eigenvalue weighted by Gasteiger charge is -2.18. The third-order valence-electron chi connectivity index (χ3n) is 2.75. The molecule has 0 unspecified atom stereocenters. The number of halogens is 2.